The van der Waals surface area contributed by atoms with E-state index in [1.165, 1.54) is 17.0 Å². The van der Waals surface area contributed by atoms with Gasteiger partial charge in [0, 0.05) is 37.6 Å². The van der Waals surface area contributed by atoms with Gasteiger partial charge in [0.05, 0.1) is 28.9 Å². The number of piperazine rings is 1. The number of hydrogen-bond acceptors (Lipinski definition) is 5. The van der Waals surface area contributed by atoms with E-state index >= 15 is 0 Å². The van der Waals surface area contributed by atoms with Crippen molar-refractivity contribution in [3.05, 3.63) is 87.1 Å². The third-order valence-corrected chi connectivity index (χ3v) is 7.13. The molecular weight excluding hydrogens is 463 g/mol. The van der Waals surface area contributed by atoms with Gasteiger partial charge in [-0.1, -0.05) is 24.3 Å². The Morgan fingerprint density at radius 1 is 0.824 bits per heavy atom. The van der Waals surface area contributed by atoms with Crippen LogP contribution < -0.4 is 4.90 Å². The van der Waals surface area contributed by atoms with Crippen molar-refractivity contribution in [2.24, 2.45) is 0 Å². The molecule has 2 amide bonds. The number of hydrogen-bond donors (Lipinski definition) is 0. The van der Waals surface area contributed by atoms with Crippen molar-refractivity contribution in [3.8, 4) is 0 Å². The van der Waals surface area contributed by atoms with Crippen LogP contribution in [0.4, 0.5) is 18.9 Å². The van der Waals surface area contributed by atoms with Gasteiger partial charge in [0.15, 0.2) is 0 Å². The highest BCUT2D eigenvalue weighted by molar-refractivity contribution is 7.09. The average Bonchev–Trinajstić information content (AvgIpc) is 3.42. The molecule has 1 saturated heterocycles. The summed E-state index contributed by atoms with van der Waals surface area (Å²) in [5.41, 5.74) is 1.16. The topological polar surface area (TPSA) is 43.9 Å². The quantitative estimate of drug-likeness (QED) is 0.483. The van der Waals surface area contributed by atoms with Gasteiger partial charge in [-0.25, -0.2) is 0 Å². The van der Waals surface area contributed by atoms with E-state index < -0.39 is 23.6 Å². The standard InChI is InChI=1S/C25H22F3N3O2S/c26-25(27,28)18-8-6-17(7-9-18)15-31-23(32)20-4-1-5-21(22(20)24(31)33)30-12-10-29(11-13-30)16-19-3-2-14-34-19/h1-9,14H,10-13,15-16H2. The molecular formula is C25H22F3N3O2S. The first kappa shape index (κ1) is 22.6. The van der Waals surface area contributed by atoms with Gasteiger partial charge in [-0.2, -0.15) is 13.2 Å². The van der Waals surface area contributed by atoms with Gasteiger partial charge in [0.25, 0.3) is 11.8 Å². The number of nitrogens with zero attached hydrogens (tertiary/aromatic N) is 3. The predicted molar refractivity (Wildman–Crippen MR) is 124 cm³/mol. The fourth-order valence-corrected chi connectivity index (χ4v) is 5.22. The Kier molecular flexibility index (Phi) is 5.91. The average molecular weight is 486 g/mol. The van der Waals surface area contributed by atoms with Crippen LogP contribution in [0, 0.1) is 0 Å². The van der Waals surface area contributed by atoms with Gasteiger partial charge >= 0.3 is 6.18 Å². The lowest BCUT2D eigenvalue weighted by atomic mass is 10.1. The van der Waals surface area contributed by atoms with Crippen molar-refractivity contribution >= 4 is 28.8 Å². The highest BCUT2D eigenvalue weighted by Crippen LogP contribution is 2.34. The first-order chi connectivity index (χ1) is 16.3. The molecule has 1 aromatic heterocycles. The van der Waals surface area contributed by atoms with E-state index in [4.69, 9.17) is 0 Å². The number of carbonyl (C=O) groups excluding carboxylic acids is 2. The molecule has 0 aliphatic carbocycles. The van der Waals surface area contributed by atoms with Crippen molar-refractivity contribution in [1.82, 2.24) is 9.80 Å². The molecule has 5 rings (SSSR count). The number of anilines is 1. The summed E-state index contributed by atoms with van der Waals surface area (Å²) in [6.07, 6.45) is -4.43. The Labute approximate surface area is 199 Å². The highest BCUT2D eigenvalue weighted by atomic mass is 32.1. The monoisotopic (exact) mass is 485 g/mol. The molecule has 5 nitrogen and oxygen atoms in total. The zero-order chi connectivity index (χ0) is 23.9. The van der Waals surface area contributed by atoms with E-state index in [9.17, 15) is 22.8 Å². The maximum atomic E-state index is 13.3. The maximum Gasteiger partial charge on any atom is 0.416 e. The lowest BCUT2D eigenvalue weighted by Crippen LogP contribution is -2.46. The molecule has 2 aliphatic rings. The summed E-state index contributed by atoms with van der Waals surface area (Å²) in [7, 11) is 0. The van der Waals surface area contributed by atoms with Crippen molar-refractivity contribution in [2.45, 2.75) is 19.3 Å². The van der Waals surface area contributed by atoms with Crippen molar-refractivity contribution in [3.63, 3.8) is 0 Å². The van der Waals surface area contributed by atoms with Crippen molar-refractivity contribution in [1.29, 1.82) is 0 Å². The minimum Gasteiger partial charge on any atom is -0.368 e. The molecule has 2 aliphatic heterocycles. The van der Waals surface area contributed by atoms with E-state index in [2.05, 4.69) is 21.2 Å². The predicted octanol–water partition coefficient (Wildman–Crippen LogP) is 4.89. The van der Waals surface area contributed by atoms with Crippen LogP contribution in [0.25, 0.3) is 0 Å². The summed E-state index contributed by atoms with van der Waals surface area (Å²) >= 11 is 1.73. The van der Waals surface area contributed by atoms with E-state index in [1.807, 2.05) is 12.1 Å². The van der Waals surface area contributed by atoms with E-state index in [1.54, 1.807) is 23.5 Å². The van der Waals surface area contributed by atoms with Gasteiger partial charge < -0.3 is 4.90 Å². The Morgan fingerprint density at radius 2 is 1.56 bits per heavy atom. The summed E-state index contributed by atoms with van der Waals surface area (Å²) in [5.74, 6) is -0.824. The Bertz CT molecular complexity index is 1200. The second-order valence-electron chi connectivity index (χ2n) is 8.43. The second kappa shape index (κ2) is 8.88. The summed E-state index contributed by atoms with van der Waals surface area (Å²) in [6.45, 7) is 4.00. The van der Waals surface area contributed by atoms with Crippen molar-refractivity contribution in [2.75, 3.05) is 31.1 Å². The molecule has 0 saturated carbocycles. The number of fused-ring (bicyclic) bond motifs is 1. The first-order valence-corrected chi connectivity index (χ1v) is 11.8. The number of imide groups is 1. The lowest BCUT2D eigenvalue weighted by Gasteiger charge is -2.36. The smallest absolute Gasteiger partial charge is 0.368 e. The highest BCUT2D eigenvalue weighted by Gasteiger charge is 2.39. The number of thiophene rings is 1. The number of halogens is 3. The molecule has 0 radical (unpaired) electrons. The second-order valence-corrected chi connectivity index (χ2v) is 9.47. The van der Waals surface area contributed by atoms with Crippen LogP contribution in [0.2, 0.25) is 0 Å². The van der Waals surface area contributed by atoms with Gasteiger partial charge in [0.1, 0.15) is 0 Å². The summed E-state index contributed by atoms with van der Waals surface area (Å²) < 4.78 is 38.5. The SMILES string of the molecule is O=C1c2cccc(N3CCN(Cc4cccs4)CC3)c2C(=O)N1Cc1ccc(C(F)(F)F)cc1. The normalized spacial score (nSPS) is 16.9. The zero-order valence-corrected chi connectivity index (χ0v) is 19.0. The molecule has 2 aromatic carbocycles. The van der Waals surface area contributed by atoms with E-state index in [0.717, 1.165) is 55.4 Å². The van der Waals surface area contributed by atoms with Crippen LogP contribution >= 0.6 is 11.3 Å². The molecule has 3 aromatic rings. The molecule has 0 atom stereocenters. The minimum atomic E-state index is -4.43. The molecule has 0 bridgehead atoms. The molecule has 0 spiro atoms. The van der Waals surface area contributed by atoms with Gasteiger partial charge in [-0.15, -0.1) is 11.3 Å². The third-order valence-electron chi connectivity index (χ3n) is 6.27. The minimum absolute atomic E-state index is 0.0709. The molecule has 34 heavy (non-hydrogen) atoms. The molecule has 0 unspecified atom stereocenters. The fourth-order valence-electron chi connectivity index (χ4n) is 4.47. The van der Waals surface area contributed by atoms with Crippen LogP contribution in [-0.4, -0.2) is 47.8 Å². The van der Waals surface area contributed by atoms with Gasteiger partial charge in [-0.3, -0.25) is 19.4 Å². The maximum absolute atomic E-state index is 13.3. The number of amides is 2. The third kappa shape index (κ3) is 4.33. The molecule has 0 N–H and O–H groups in total. The van der Waals surface area contributed by atoms with Gasteiger partial charge in [-0.05, 0) is 41.3 Å². The summed E-state index contributed by atoms with van der Waals surface area (Å²) in [4.78, 5) is 33.2. The van der Waals surface area contributed by atoms with Crippen LogP contribution in [0.15, 0.2) is 60.0 Å². The van der Waals surface area contributed by atoms with Crippen molar-refractivity contribution < 1.29 is 22.8 Å². The lowest BCUT2D eigenvalue weighted by molar-refractivity contribution is -0.137. The summed E-state index contributed by atoms with van der Waals surface area (Å²) in [5, 5.41) is 2.07. The number of carbonyl (C=O) groups is 2. The largest absolute Gasteiger partial charge is 0.416 e. The van der Waals surface area contributed by atoms with Crippen LogP contribution in [0.1, 0.15) is 36.7 Å². The van der Waals surface area contributed by atoms with Crippen LogP contribution in [0.5, 0.6) is 0 Å². The molecule has 9 heteroatoms. The number of alkyl halides is 3. The fraction of sp³-hybridized carbons (Fsp3) is 0.280. The van der Waals surface area contributed by atoms with Crippen LogP contribution in [0.3, 0.4) is 0 Å². The first-order valence-electron chi connectivity index (χ1n) is 11.0. The van der Waals surface area contributed by atoms with Gasteiger partial charge in [0.2, 0.25) is 0 Å². The molecule has 3 heterocycles. The summed E-state index contributed by atoms with van der Waals surface area (Å²) in [6, 6.07) is 14.0. The number of benzene rings is 2. The van der Waals surface area contributed by atoms with E-state index in [-0.39, 0.29) is 6.54 Å². The van der Waals surface area contributed by atoms with E-state index in [0.29, 0.717) is 16.7 Å². The van der Waals surface area contributed by atoms with Crippen LogP contribution in [-0.2, 0) is 19.3 Å². The Balaban J connectivity index is 1.31. The zero-order valence-electron chi connectivity index (χ0n) is 18.2. The Hall–Kier alpha value is -3.17. The number of rotatable bonds is 5. The molecule has 1 fully saturated rings. The Morgan fingerprint density at radius 3 is 2.21 bits per heavy atom. The molecule has 176 valence electrons.